The van der Waals surface area contributed by atoms with Crippen LogP contribution in [0.4, 0.5) is 10.1 Å². The van der Waals surface area contributed by atoms with Gasteiger partial charge in [0.2, 0.25) is 0 Å². The summed E-state index contributed by atoms with van der Waals surface area (Å²) in [4.78, 5) is 12.1. The zero-order valence-corrected chi connectivity index (χ0v) is 13.5. The van der Waals surface area contributed by atoms with E-state index in [2.05, 4.69) is 21.2 Å². The fourth-order valence-corrected chi connectivity index (χ4v) is 2.31. The van der Waals surface area contributed by atoms with E-state index in [4.69, 9.17) is 11.6 Å². The van der Waals surface area contributed by atoms with E-state index in [9.17, 15) is 9.18 Å². The fourth-order valence-electron chi connectivity index (χ4n) is 1.92. The van der Waals surface area contributed by atoms with E-state index in [0.29, 0.717) is 5.69 Å². The van der Waals surface area contributed by atoms with E-state index in [0.717, 1.165) is 29.8 Å². The minimum atomic E-state index is -0.601. The van der Waals surface area contributed by atoms with Gasteiger partial charge in [-0.05, 0) is 48.7 Å². The molecule has 2 rings (SSSR count). The van der Waals surface area contributed by atoms with Gasteiger partial charge in [-0.25, -0.2) is 4.39 Å². The molecule has 0 saturated heterocycles. The summed E-state index contributed by atoms with van der Waals surface area (Å²) in [5.74, 6) is -0.960. The second-order valence-corrected chi connectivity index (χ2v) is 5.78. The Morgan fingerprint density at radius 1 is 1.24 bits per heavy atom. The number of hydrogen-bond acceptors (Lipinski definition) is 1. The van der Waals surface area contributed by atoms with E-state index >= 15 is 0 Å². The van der Waals surface area contributed by atoms with Crippen LogP contribution >= 0.6 is 27.5 Å². The zero-order chi connectivity index (χ0) is 15.2. The quantitative estimate of drug-likeness (QED) is 0.732. The molecule has 0 aliphatic heterocycles. The lowest BCUT2D eigenvalue weighted by Crippen LogP contribution is -2.12. The van der Waals surface area contributed by atoms with Crippen molar-refractivity contribution in [2.75, 3.05) is 10.6 Å². The summed E-state index contributed by atoms with van der Waals surface area (Å²) in [6.07, 6.45) is 1.96. The first-order valence-electron chi connectivity index (χ1n) is 6.51. The molecule has 0 fully saturated rings. The van der Waals surface area contributed by atoms with Crippen LogP contribution in [0.3, 0.4) is 0 Å². The molecule has 5 heteroatoms. The van der Waals surface area contributed by atoms with E-state index < -0.39 is 5.82 Å². The average molecular weight is 371 g/mol. The molecule has 0 aliphatic carbocycles. The Morgan fingerprint density at radius 3 is 2.76 bits per heavy atom. The maximum Gasteiger partial charge on any atom is 0.255 e. The number of nitrogens with one attached hydrogen (secondary N) is 1. The van der Waals surface area contributed by atoms with Gasteiger partial charge in [0.15, 0.2) is 0 Å². The summed E-state index contributed by atoms with van der Waals surface area (Å²) in [5.41, 5.74) is 2.08. The number of aryl methyl sites for hydroxylation is 1. The molecule has 0 unspecified atom stereocenters. The van der Waals surface area contributed by atoms with Crippen molar-refractivity contribution in [3.05, 3.63) is 64.4 Å². The highest BCUT2D eigenvalue weighted by molar-refractivity contribution is 9.09. The predicted octanol–water partition coefficient (Wildman–Crippen LogP) is 5.06. The Morgan fingerprint density at radius 2 is 2.05 bits per heavy atom. The second kappa shape index (κ2) is 7.57. The third kappa shape index (κ3) is 4.55. The first-order valence-corrected chi connectivity index (χ1v) is 8.01. The third-order valence-corrected chi connectivity index (χ3v) is 3.83. The molecule has 1 amide bonds. The van der Waals surface area contributed by atoms with Crippen LogP contribution in [-0.4, -0.2) is 11.2 Å². The van der Waals surface area contributed by atoms with Gasteiger partial charge in [-0.3, -0.25) is 4.79 Å². The van der Waals surface area contributed by atoms with Crippen molar-refractivity contribution in [1.29, 1.82) is 0 Å². The summed E-state index contributed by atoms with van der Waals surface area (Å²) < 4.78 is 13.4. The molecule has 0 aromatic heterocycles. The number of amides is 1. The molecule has 0 atom stereocenters. The van der Waals surface area contributed by atoms with Crippen molar-refractivity contribution >= 4 is 39.1 Å². The van der Waals surface area contributed by atoms with E-state index in [1.807, 2.05) is 24.3 Å². The zero-order valence-electron chi connectivity index (χ0n) is 11.2. The summed E-state index contributed by atoms with van der Waals surface area (Å²) in [5, 5.41) is 3.70. The first-order chi connectivity index (χ1) is 10.1. The molecule has 1 N–H and O–H groups in total. The normalized spacial score (nSPS) is 10.4. The lowest BCUT2D eigenvalue weighted by Gasteiger charge is -2.08. The van der Waals surface area contributed by atoms with Gasteiger partial charge in [-0.1, -0.05) is 39.7 Å². The van der Waals surface area contributed by atoms with Gasteiger partial charge in [-0.2, -0.15) is 0 Å². The summed E-state index contributed by atoms with van der Waals surface area (Å²) in [6.45, 7) is 0. The van der Waals surface area contributed by atoms with E-state index in [1.54, 1.807) is 0 Å². The summed E-state index contributed by atoms with van der Waals surface area (Å²) in [6, 6.07) is 11.6. The monoisotopic (exact) mass is 369 g/mol. The van der Waals surface area contributed by atoms with Crippen molar-refractivity contribution in [2.45, 2.75) is 12.8 Å². The third-order valence-electron chi connectivity index (χ3n) is 2.97. The average Bonchev–Trinajstić information content (AvgIpc) is 2.48. The van der Waals surface area contributed by atoms with Crippen LogP contribution in [0.5, 0.6) is 0 Å². The van der Waals surface area contributed by atoms with Gasteiger partial charge < -0.3 is 5.32 Å². The first kappa shape index (κ1) is 16.0. The molecule has 21 heavy (non-hydrogen) atoms. The number of rotatable bonds is 5. The van der Waals surface area contributed by atoms with Crippen LogP contribution in [0, 0.1) is 5.82 Å². The Balaban J connectivity index is 2.10. The van der Waals surface area contributed by atoms with Crippen LogP contribution in [-0.2, 0) is 6.42 Å². The Hall–Kier alpha value is -1.39. The molecule has 0 heterocycles. The Kier molecular flexibility index (Phi) is 5.76. The molecule has 110 valence electrons. The van der Waals surface area contributed by atoms with E-state index in [1.165, 1.54) is 12.1 Å². The Labute approximate surface area is 136 Å². The number of anilines is 1. The van der Waals surface area contributed by atoms with Gasteiger partial charge in [0, 0.05) is 16.6 Å². The van der Waals surface area contributed by atoms with Crippen LogP contribution in [0.1, 0.15) is 22.3 Å². The standard InChI is InChI=1S/C16H14BrClFNO/c17-8-2-4-11-3-1-5-13(9-11)20-16(21)12-6-7-14(18)15(19)10-12/h1,3,5-7,9-10H,2,4,8H2,(H,20,21). The van der Waals surface area contributed by atoms with Gasteiger partial charge in [-0.15, -0.1) is 0 Å². The molecular weight excluding hydrogens is 357 g/mol. The maximum atomic E-state index is 13.4. The van der Waals surface area contributed by atoms with Crippen LogP contribution < -0.4 is 5.32 Å². The number of hydrogen-bond donors (Lipinski definition) is 1. The highest BCUT2D eigenvalue weighted by atomic mass is 79.9. The molecular formula is C16H14BrClFNO. The highest BCUT2D eigenvalue weighted by Gasteiger charge is 2.09. The molecule has 2 aromatic rings. The molecule has 0 bridgehead atoms. The minimum absolute atomic E-state index is 0.00307. The van der Waals surface area contributed by atoms with E-state index in [-0.39, 0.29) is 16.5 Å². The van der Waals surface area contributed by atoms with Crippen molar-refractivity contribution in [2.24, 2.45) is 0 Å². The molecule has 0 saturated carbocycles. The summed E-state index contributed by atoms with van der Waals surface area (Å²) in [7, 11) is 0. The van der Waals surface area contributed by atoms with Crippen molar-refractivity contribution in [3.8, 4) is 0 Å². The molecule has 0 radical (unpaired) electrons. The number of benzene rings is 2. The predicted molar refractivity (Wildman–Crippen MR) is 87.9 cm³/mol. The van der Waals surface area contributed by atoms with Crippen molar-refractivity contribution in [1.82, 2.24) is 0 Å². The van der Waals surface area contributed by atoms with Gasteiger partial charge >= 0.3 is 0 Å². The topological polar surface area (TPSA) is 29.1 Å². The molecule has 2 nitrogen and oxygen atoms in total. The van der Waals surface area contributed by atoms with Gasteiger partial charge in [0.25, 0.3) is 5.91 Å². The van der Waals surface area contributed by atoms with Crippen molar-refractivity contribution < 1.29 is 9.18 Å². The molecule has 0 spiro atoms. The number of carbonyl (C=O) groups excluding carboxylic acids is 1. The van der Waals surface area contributed by atoms with Gasteiger partial charge in [0.05, 0.1) is 5.02 Å². The minimum Gasteiger partial charge on any atom is -0.322 e. The fraction of sp³-hybridized carbons (Fsp3) is 0.188. The summed E-state index contributed by atoms with van der Waals surface area (Å²) >= 11 is 9.00. The second-order valence-electron chi connectivity index (χ2n) is 4.58. The molecule has 0 aliphatic rings. The lowest BCUT2D eigenvalue weighted by atomic mass is 10.1. The lowest BCUT2D eigenvalue weighted by molar-refractivity contribution is 0.102. The smallest absolute Gasteiger partial charge is 0.255 e. The van der Waals surface area contributed by atoms with Gasteiger partial charge in [0.1, 0.15) is 5.82 Å². The highest BCUT2D eigenvalue weighted by Crippen LogP contribution is 2.18. The maximum absolute atomic E-state index is 13.4. The Bertz CT molecular complexity index is 648. The SMILES string of the molecule is O=C(Nc1cccc(CCCBr)c1)c1ccc(Cl)c(F)c1. The number of halogens is 3. The number of alkyl halides is 1. The van der Waals surface area contributed by atoms with Crippen LogP contribution in [0.15, 0.2) is 42.5 Å². The number of carbonyl (C=O) groups is 1. The van der Waals surface area contributed by atoms with Crippen molar-refractivity contribution in [3.63, 3.8) is 0 Å². The van der Waals surface area contributed by atoms with Crippen LogP contribution in [0.2, 0.25) is 5.02 Å². The van der Waals surface area contributed by atoms with Crippen LogP contribution in [0.25, 0.3) is 0 Å². The largest absolute Gasteiger partial charge is 0.322 e. The molecule has 2 aromatic carbocycles.